The Morgan fingerprint density at radius 2 is 2.00 bits per heavy atom. The van der Waals surface area contributed by atoms with Gasteiger partial charge >= 0.3 is 0 Å². The summed E-state index contributed by atoms with van der Waals surface area (Å²) < 4.78 is 27.0. The summed E-state index contributed by atoms with van der Waals surface area (Å²) in [5.74, 6) is -0.944. The van der Waals surface area contributed by atoms with E-state index in [9.17, 15) is 18.0 Å². The third-order valence-electron chi connectivity index (χ3n) is 4.27. The van der Waals surface area contributed by atoms with Crippen LogP contribution in [0.5, 0.6) is 0 Å². The number of rotatable bonds is 6. The van der Waals surface area contributed by atoms with Crippen LogP contribution in [0.25, 0.3) is 0 Å². The van der Waals surface area contributed by atoms with Crippen molar-refractivity contribution in [3.8, 4) is 0 Å². The predicted octanol–water partition coefficient (Wildman–Crippen LogP) is 0.931. The number of nitrogens with zero attached hydrogens (tertiary/aromatic N) is 2. The molecule has 0 unspecified atom stereocenters. The van der Waals surface area contributed by atoms with Crippen LogP contribution in [0.15, 0.2) is 53.6 Å². The first-order valence-electron chi connectivity index (χ1n) is 8.59. The number of hydrogen-bond donors (Lipinski definition) is 2. The number of piperazine rings is 1. The number of benzene rings is 1. The molecule has 1 aliphatic heterocycles. The number of amides is 2. The Morgan fingerprint density at radius 3 is 2.68 bits per heavy atom. The standard InChI is InChI=1S/C18H19ClN4O4S/c19-13-4-6-15(7-5-13)28(26,27)23-10-9-21-18(25)16(23)11-17(24)22-12-14-3-1-2-8-20-14/h1-8,16H,9-12H2,(H,21,25)(H,22,24)/t16-/m0/s1. The average Bonchev–Trinajstić information content (AvgIpc) is 2.69. The number of nitrogens with one attached hydrogen (secondary N) is 2. The van der Waals surface area contributed by atoms with E-state index >= 15 is 0 Å². The molecule has 1 saturated heterocycles. The van der Waals surface area contributed by atoms with E-state index in [1.807, 2.05) is 0 Å². The van der Waals surface area contributed by atoms with Crippen molar-refractivity contribution in [3.63, 3.8) is 0 Å². The zero-order valence-electron chi connectivity index (χ0n) is 14.8. The van der Waals surface area contributed by atoms with Gasteiger partial charge in [0.2, 0.25) is 21.8 Å². The van der Waals surface area contributed by atoms with Gasteiger partial charge in [-0.25, -0.2) is 8.42 Å². The SMILES string of the molecule is O=C(C[C@H]1C(=O)NCCN1S(=O)(=O)c1ccc(Cl)cc1)NCc1ccccn1. The Morgan fingerprint density at radius 1 is 1.25 bits per heavy atom. The lowest BCUT2D eigenvalue weighted by Gasteiger charge is -2.33. The Balaban J connectivity index is 1.74. The van der Waals surface area contributed by atoms with Gasteiger partial charge in [0.1, 0.15) is 6.04 Å². The van der Waals surface area contributed by atoms with Crippen molar-refractivity contribution >= 4 is 33.4 Å². The van der Waals surface area contributed by atoms with E-state index < -0.39 is 27.9 Å². The minimum absolute atomic E-state index is 0.0190. The summed E-state index contributed by atoms with van der Waals surface area (Å²) in [4.78, 5) is 28.8. The van der Waals surface area contributed by atoms with Gasteiger partial charge in [0.25, 0.3) is 0 Å². The summed E-state index contributed by atoms with van der Waals surface area (Å²) in [6, 6.07) is 9.87. The van der Waals surface area contributed by atoms with Crippen molar-refractivity contribution in [1.82, 2.24) is 19.9 Å². The lowest BCUT2D eigenvalue weighted by atomic mass is 10.1. The van der Waals surface area contributed by atoms with E-state index in [1.165, 1.54) is 24.3 Å². The molecule has 2 heterocycles. The van der Waals surface area contributed by atoms with E-state index in [4.69, 9.17) is 11.6 Å². The molecule has 1 aromatic carbocycles. The minimum Gasteiger partial charge on any atom is -0.353 e. The zero-order chi connectivity index (χ0) is 20.1. The van der Waals surface area contributed by atoms with Crippen LogP contribution >= 0.6 is 11.6 Å². The molecular formula is C18H19ClN4O4S. The van der Waals surface area contributed by atoms with Crippen molar-refractivity contribution in [3.05, 3.63) is 59.4 Å². The zero-order valence-corrected chi connectivity index (χ0v) is 16.4. The fourth-order valence-corrected chi connectivity index (χ4v) is 4.57. The van der Waals surface area contributed by atoms with Gasteiger partial charge in [-0.1, -0.05) is 17.7 Å². The van der Waals surface area contributed by atoms with Crippen LogP contribution in [0.4, 0.5) is 0 Å². The molecule has 1 atom stereocenters. The lowest BCUT2D eigenvalue weighted by molar-refractivity contribution is -0.131. The molecule has 1 aromatic heterocycles. The number of pyridine rings is 1. The molecule has 2 N–H and O–H groups in total. The predicted molar refractivity (Wildman–Crippen MR) is 103 cm³/mol. The molecule has 10 heteroatoms. The Kier molecular flexibility index (Phi) is 6.28. The molecule has 3 rings (SSSR count). The Bertz CT molecular complexity index is 951. The first kappa shape index (κ1) is 20.2. The van der Waals surface area contributed by atoms with Gasteiger partial charge in [0.15, 0.2) is 0 Å². The van der Waals surface area contributed by atoms with Gasteiger partial charge in [0, 0.05) is 24.3 Å². The molecule has 8 nitrogen and oxygen atoms in total. The third kappa shape index (κ3) is 4.67. The number of sulfonamides is 1. The average molecular weight is 423 g/mol. The highest BCUT2D eigenvalue weighted by Gasteiger charge is 2.39. The van der Waals surface area contributed by atoms with E-state index in [0.29, 0.717) is 10.7 Å². The Labute approximate surface area is 168 Å². The summed E-state index contributed by atoms with van der Waals surface area (Å²) in [6.07, 6.45) is 1.32. The van der Waals surface area contributed by atoms with E-state index in [0.717, 1.165) is 4.31 Å². The van der Waals surface area contributed by atoms with Crippen LogP contribution in [0, 0.1) is 0 Å². The van der Waals surface area contributed by atoms with Crippen molar-refractivity contribution in [2.75, 3.05) is 13.1 Å². The Hall–Kier alpha value is -2.49. The second-order valence-electron chi connectivity index (χ2n) is 6.18. The molecule has 148 valence electrons. The summed E-state index contributed by atoms with van der Waals surface area (Å²) in [6.45, 7) is 0.449. The van der Waals surface area contributed by atoms with E-state index in [2.05, 4.69) is 15.6 Å². The minimum atomic E-state index is -3.95. The largest absolute Gasteiger partial charge is 0.353 e. The molecule has 0 spiro atoms. The monoisotopic (exact) mass is 422 g/mol. The fraction of sp³-hybridized carbons (Fsp3) is 0.278. The van der Waals surface area contributed by atoms with Gasteiger partial charge in [0.05, 0.1) is 23.6 Å². The maximum Gasteiger partial charge on any atom is 0.243 e. The molecule has 2 amide bonds. The molecule has 0 aliphatic carbocycles. The second-order valence-corrected chi connectivity index (χ2v) is 8.51. The molecule has 2 aromatic rings. The molecule has 0 bridgehead atoms. The molecule has 28 heavy (non-hydrogen) atoms. The van der Waals surface area contributed by atoms with Crippen LogP contribution < -0.4 is 10.6 Å². The van der Waals surface area contributed by atoms with Gasteiger partial charge in [-0.3, -0.25) is 14.6 Å². The highest BCUT2D eigenvalue weighted by Crippen LogP contribution is 2.23. The van der Waals surface area contributed by atoms with E-state index in [1.54, 1.807) is 24.4 Å². The van der Waals surface area contributed by atoms with Crippen LogP contribution in [-0.4, -0.2) is 48.7 Å². The quantitative estimate of drug-likeness (QED) is 0.719. The summed E-state index contributed by atoms with van der Waals surface area (Å²) in [5.41, 5.74) is 0.662. The highest BCUT2D eigenvalue weighted by atomic mass is 35.5. The van der Waals surface area contributed by atoms with Crippen LogP contribution in [-0.2, 0) is 26.2 Å². The topological polar surface area (TPSA) is 108 Å². The first-order chi connectivity index (χ1) is 13.4. The number of hydrogen-bond acceptors (Lipinski definition) is 5. The number of carbonyl (C=O) groups is 2. The number of carbonyl (C=O) groups excluding carboxylic acids is 2. The number of halogens is 1. The van der Waals surface area contributed by atoms with Gasteiger partial charge in [-0.2, -0.15) is 4.31 Å². The van der Waals surface area contributed by atoms with Gasteiger partial charge < -0.3 is 10.6 Å². The van der Waals surface area contributed by atoms with Crippen molar-refractivity contribution in [2.24, 2.45) is 0 Å². The summed E-state index contributed by atoms with van der Waals surface area (Å²) in [5, 5.41) is 5.68. The van der Waals surface area contributed by atoms with E-state index in [-0.39, 0.29) is 31.0 Å². The lowest BCUT2D eigenvalue weighted by Crippen LogP contribution is -2.58. The molecular weight excluding hydrogens is 404 g/mol. The van der Waals surface area contributed by atoms with Crippen molar-refractivity contribution < 1.29 is 18.0 Å². The van der Waals surface area contributed by atoms with Crippen LogP contribution in [0.2, 0.25) is 5.02 Å². The highest BCUT2D eigenvalue weighted by molar-refractivity contribution is 7.89. The second kappa shape index (κ2) is 8.68. The van der Waals surface area contributed by atoms with Gasteiger partial charge in [-0.15, -0.1) is 0 Å². The van der Waals surface area contributed by atoms with Crippen molar-refractivity contribution in [1.29, 1.82) is 0 Å². The normalized spacial score (nSPS) is 17.8. The first-order valence-corrected chi connectivity index (χ1v) is 10.4. The van der Waals surface area contributed by atoms with Gasteiger partial charge in [-0.05, 0) is 36.4 Å². The van der Waals surface area contributed by atoms with Crippen LogP contribution in [0.1, 0.15) is 12.1 Å². The molecule has 0 saturated carbocycles. The smallest absolute Gasteiger partial charge is 0.243 e. The third-order valence-corrected chi connectivity index (χ3v) is 6.45. The summed E-state index contributed by atoms with van der Waals surface area (Å²) >= 11 is 5.82. The van der Waals surface area contributed by atoms with Crippen molar-refractivity contribution in [2.45, 2.75) is 23.9 Å². The fourth-order valence-electron chi connectivity index (χ4n) is 2.86. The maximum absolute atomic E-state index is 13.0. The summed E-state index contributed by atoms with van der Waals surface area (Å²) in [7, 11) is -3.95. The maximum atomic E-state index is 13.0. The molecule has 1 fully saturated rings. The molecule has 1 aliphatic rings. The molecule has 0 radical (unpaired) electrons. The van der Waals surface area contributed by atoms with Crippen LogP contribution in [0.3, 0.4) is 0 Å². The number of aromatic nitrogens is 1.